The molecule has 1 aromatic carbocycles. The second-order valence-electron chi connectivity index (χ2n) is 8.57. The fraction of sp³-hybridized carbons (Fsp3) is 0.522. The molecule has 172 valence electrons. The quantitative estimate of drug-likeness (QED) is 0.719. The molecule has 0 radical (unpaired) electrons. The molecule has 2 aliphatic heterocycles. The van der Waals surface area contributed by atoms with Crippen LogP contribution >= 0.6 is 0 Å². The van der Waals surface area contributed by atoms with Gasteiger partial charge in [-0.2, -0.15) is 13.2 Å². The van der Waals surface area contributed by atoms with Gasteiger partial charge in [-0.05, 0) is 51.0 Å². The maximum Gasteiger partial charge on any atom is 0.416 e. The second-order valence-corrected chi connectivity index (χ2v) is 8.57. The number of carbonyl (C=O) groups is 1. The number of halogens is 3. The topological polar surface area (TPSA) is 52.6 Å². The van der Waals surface area contributed by atoms with E-state index in [4.69, 9.17) is 0 Å². The minimum Gasteiger partial charge on any atom is -0.368 e. The molecule has 2 fully saturated rings. The van der Waals surface area contributed by atoms with Crippen molar-refractivity contribution >= 4 is 17.5 Å². The Kier molecular flexibility index (Phi) is 6.26. The van der Waals surface area contributed by atoms with E-state index in [1.807, 2.05) is 29.7 Å². The molecule has 2 aromatic rings. The van der Waals surface area contributed by atoms with Gasteiger partial charge in [-0.25, -0.2) is 9.97 Å². The lowest BCUT2D eigenvalue weighted by Crippen LogP contribution is -2.51. The smallest absolute Gasteiger partial charge is 0.368 e. The molecule has 6 nitrogen and oxygen atoms in total. The number of piperidine rings is 1. The summed E-state index contributed by atoms with van der Waals surface area (Å²) < 4.78 is 39.0. The van der Waals surface area contributed by atoms with Crippen LogP contribution in [0, 0.1) is 19.8 Å². The number of hydrogen-bond acceptors (Lipinski definition) is 5. The first kappa shape index (κ1) is 22.4. The first-order valence-electron chi connectivity index (χ1n) is 11.0. The summed E-state index contributed by atoms with van der Waals surface area (Å²) in [4.78, 5) is 28.0. The molecular weight excluding hydrogens is 419 g/mol. The van der Waals surface area contributed by atoms with Gasteiger partial charge in [-0.1, -0.05) is 6.07 Å². The van der Waals surface area contributed by atoms with E-state index in [0.29, 0.717) is 31.9 Å². The van der Waals surface area contributed by atoms with Crippen LogP contribution in [-0.2, 0) is 11.0 Å². The van der Waals surface area contributed by atoms with Crippen molar-refractivity contribution in [3.8, 4) is 0 Å². The van der Waals surface area contributed by atoms with Crippen molar-refractivity contribution in [1.82, 2.24) is 14.9 Å². The highest BCUT2D eigenvalue weighted by Crippen LogP contribution is 2.32. The van der Waals surface area contributed by atoms with Crippen LogP contribution in [0.4, 0.5) is 24.8 Å². The monoisotopic (exact) mass is 447 g/mol. The number of hydrogen-bond donors (Lipinski definition) is 0. The fourth-order valence-electron chi connectivity index (χ4n) is 4.50. The summed E-state index contributed by atoms with van der Waals surface area (Å²) >= 11 is 0. The van der Waals surface area contributed by atoms with Gasteiger partial charge in [-0.15, -0.1) is 0 Å². The molecule has 1 amide bonds. The number of alkyl halides is 3. The summed E-state index contributed by atoms with van der Waals surface area (Å²) in [6.07, 6.45) is -2.85. The van der Waals surface area contributed by atoms with Gasteiger partial charge in [0.2, 0.25) is 11.9 Å². The molecule has 3 heterocycles. The van der Waals surface area contributed by atoms with Gasteiger partial charge in [0.05, 0.1) is 5.56 Å². The minimum absolute atomic E-state index is 0.0303. The molecule has 2 saturated heterocycles. The van der Waals surface area contributed by atoms with E-state index < -0.39 is 11.7 Å². The van der Waals surface area contributed by atoms with Crippen LogP contribution in [0.3, 0.4) is 0 Å². The first-order chi connectivity index (χ1) is 15.2. The molecule has 0 bridgehead atoms. The molecule has 0 N–H and O–H groups in total. The Labute approximate surface area is 186 Å². The summed E-state index contributed by atoms with van der Waals surface area (Å²) in [5.74, 6) is 0.843. The van der Waals surface area contributed by atoms with Gasteiger partial charge in [0.25, 0.3) is 0 Å². The summed E-state index contributed by atoms with van der Waals surface area (Å²) in [6.45, 7) is 7.49. The highest BCUT2D eigenvalue weighted by Gasteiger charge is 2.33. The molecule has 0 spiro atoms. The van der Waals surface area contributed by atoms with Gasteiger partial charge in [-0.3, -0.25) is 4.79 Å². The third kappa shape index (κ3) is 4.97. The Bertz CT molecular complexity index is 944. The zero-order valence-electron chi connectivity index (χ0n) is 18.4. The molecule has 2 aliphatic rings. The Hall–Kier alpha value is -2.84. The number of rotatable bonds is 3. The largest absolute Gasteiger partial charge is 0.416 e. The van der Waals surface area contributed by atoms with Gasteiger partial charge >= 0.3 is 6.18 Å². The van der Waals surface area contributed by atoms with Crippen LogP contribution in [0.2, 0.25) is 0 Å². The van der Waals surface area contributed by atoms with Crippen molar-refractivity contribution in [2.24, 2.45) is 5.92 Å². The number of piperazine rings is 1. The summed E-state index contributed by atoms with van der Waals surface area (Å²) in [5, 5.41) is 0. The zero-order valence-corrected chi connectivity index (χ0v) is 18.4. The second kappa shape index (κ2) is 8.96. The molecule has 0 aliphatic carbocycles. The summed E-state index contributed by atoms with van der Waals surface area (Å²) in [6, 6.07) is 7.33. The van der Waals surface area contributed by atoms with E-state index >= 15 is 0 Å². The molecule has 0 atom stereocenters. The number of amides is 1. The molecule has 32 heavy (non-hydrogen) atoms. The molecule has 4 rings (SSSR count). The van der Waals surface area contributed by atoms with Crippen LogP contribution in [0.1, 0.15) is 29.8 Å². The molecular formula is C23H28F3N5O. The Morgan fingerprint density at radius 3 is 2.12 bits per heavy atom. The summed E-state index contributed by atoms with van der Waals surface area (Å²) in [5.41, 5.74) is 1.77. The Morgan fingerprint density at radius 1 is 0.906 bits per heavy atom. The van der Waals surface area contributed by atoms with Gasteiger partial charge in [0.1, 0.15) is 0 Å². The van der Waals surface area contributed by atoms with E-state index in [1.165, 1.54) is 12.1 Å². The van der Waals surface area contributed by atoms with Crippen LogP contribution in [0.15, 0.2) is 30.3 Å². The van der Waals surface area contributed by atoms with Crippen molar-refractivity contribution < 1.29 is 18.0 Å². The normalized spacial score (nSPS) is 18.2. The van der Waals surface area contributed by atoms with E-state index in [-0.39, 0.29) is 11.8 Å². The lowest BCUT2D eigenvalue weighted by atomic mass is 9.95. The van der Waals surface area contributed by atoms with Crippen molar-refractivity contribution in [3.05, 3.63) is 47.3 Å². The number of nitrogens with zero attached hydrogens (tertiary/aromatic N) is 5. The minimum atomic E-state index is -4.36. The van der Waals surface area contributed by atoms with Crippen LogP contribution in [0.25, 0.3) is 0 Å². The predicted octanol–water partition coefficient (Wildman–Crippen LogP) is 3.68. The van der Waals surface area contributed by atoms with E-state index in [9.17, 15) is 18.0 Å². The highest BCUT2D eigenvalue weighted by atomic mass is 19.4. The lowest BCUT2D eigenvalue weighted by molar-refractivity contribution is -0.137. The van der Waals surface area contributed by atoms with E-state index in [1.54, 1.807) is 6.07 Å². The average Bonchev–Trinajstić information content (AvgIpc) is 2.78. The third-order valence-corrected chi connectivity index (χ3v) is 6.23. The Balaban J connectivity index is 1.31. The molecule has 9 heteroatoms. The van der Waals surface area contributed by atoms with E-state index in [0.717, 1.165) is 49.3 Å². The number of aromatic nitrogens is 2. The highest BCUT2D eigenvalue weighted by molar-refractivity contribution is 5.79. The van der Waals surface area contributed by atoms with Crippen LogP contribution in [0.5, 0.6) is 0 Å². The molecule has 0 saturated carbocycles. The number of anilines is 2. The maximum atomic E-state index is 13.0. The predicted molar refractivity (Wildman–Crippen MR) is 117 cm³/mol. The van der Waals surface area contributed by atoms with Crippen molar-refractivity contribution in [1.29, 1.82) is 0 Å². The third-order valence-electron chi connectivity index (χ3n) is 6.23. The van der Waals surface area contributed by atoms with Crippen molar-refractivity contribution in [3.63, 3.8) is 0 Å². The Morgan fingerprint density at radius 2 is 1.53 bits per heavy atom. The molecule has 1 aromatic heterocycles. The average molecular weight is 448 g/mol. The van der Waals surface area contributed by atoms with Crippen LogP contribution < -0.4 is 9.80 Å². The SMILES string of the molecule is Cc1cc(C)nc(N2CCC(C(=O)N3CCN(c4cccc(C(F)(F)F)c4)CC3)CC2)n1. The number of carbonyl (C=O) groups excluding carboxylic acids is 1. The first-order valence-corrected chi connectivity index (χ1v) is 11.0. The zero-order chi connectivity index (χ0) is 22.9. The lowest BCUT2D eigenvalue weighted by Gasteiger charge is -2.39. The van der Waals surface area contributed by atoms with Gasteiger partial charge in [0.15, 0.2) is 0 Å². The van der Waals surface area contributed by atoms with Crippen molar-refractivity contribution in [2.45, 2.75) is 32.9 Å². The van der Waals surface area contributed by atoms with E-state index in [2.05, 4.69) is 14.9 Å². The van der Waals surface area contributed by atoms with Gasteiger partial charge < -0.3 is 14.7 Å². The number of benzene rings is 1. The summed E-state index contributed by atoms with van der Waals surface area (Å²) in [7, 11) is 0. The fourth-order valence-corrected chi connectivity index (χ4v) is 4.50. The maximum absolute atomic E-state index is 13.0. The molecule has 0 unspecified atom stereocenters. The number of aryl methyl sites for hydroxylation is 2. The van der Waals surface area contributed by atoms with Crippen LogP contribution in [-0.4, -0.2) is 60.0 Å². The van der Waals surface area contributed by atoms with Gasteiger partial charge in [0, 0.05) is 62.3 Å². The standard InChI is InChI=1S/C23H28F3N5O/c1-16-14-17(2)28-22(27-16)31-8-6-18(7-9-31)21(32)30-12-10-29(11-13-30)20-5-3-4-19(15-20)23(24,25)26/h3-5,14-15,18H,6-13H2,1-2H3. The van der Waals surface area contributed by atoms with Crippen molar-refractivity contribution in [2.75, 3.05) is 49.1 Å².